The molecule has 0 bridgehead atoms. The third-order valence-electron chi connectivity index (χ3n) is 3.65. The largest absolute Gasteiger partial charge is 0.301 e. The van der Waals surface area contributed by atoms with Crippen LogP contribution in [0.15, 0.2) is 0 Å². The highest BCUT2D eigenvalue weighted by molar-refractivity contribution is 5.03. The van der Waals surface area contributed by atoms with Crippen molar-refractivity contribution in [1.29, 1.82) is 5.26 Å². The van der Waals surface area contributed by atoms with E-state index in [1.807, 2.05) is 6.92 Å². The lowest BCUT2D eigenvalue weighted by molar-refractivity contribution is 0.149. The van der Waals surface area contributed by atoms with Crippen molar-refractivity contribution in [3.8, 4) is 6.07 Å². The molecule has 0 spiro atoms. The van der Waals surface area contributed by atoms with E-state index in [1.165, 1.54) is 25.8 Å². The number of rotatable bonds is 5. The van der Waals surface area contributed by atoms with Crippen LogP contribution in [0.1, 0.15) is 46.5 Å². The van der Waals surface area contributed by atoms with Gasteiger partial charge in [0.05, 0.1) is 6.07 Å². The predicted molar refractivity (Wildman–Crippen MR) is 67.2 cm³/mol. The minimum Gasteiger partial charge on any atom is -0.301 e. The van der Waals surface area contributed by atoms with Gasteiger partial charge in [0.2, 0.25) is 0 Å². The van der Waals surface area contributed by atoms with E-state index in [4.69, 9.17) is 0 Å². The Bertz CT molecular complexity index is 246. The summed E-state index contributed by atoms with van der Waals surface area (Å²) >= 11 is 0. The highest BCUT2D eigenvalue weighted by Gasteiger charge is 2.25. The van der Waals surface area contributed by atoms with Crippen LogP contribution in [-0.2, 0) is 0 Å². The molecule has 2 atom stereocenters. The van der Waals surface area contributed by atoms with Gasteiger partial charge in [0, 0.05) is 12.6 Å². The van der Waals surface area contributed by atoms with Crippen LogP contribution in [0.4, 0.5) is 0 Å². The molecule has 1 fully saturated rings. The van der Waals surface area contributed by atoms with Gasteiger partial charge in [-0.3, -0.25) is 5.32 Å². The fourth-order valence-electron chi connectivity index (χ4n) is 2.43. The monoisotopic (exact) mass is 223 g/mol. The van der Waals surface area contributed by atoms with Gasteiger partial charge in [-0.15, -0.1) is 0 Å². The molecule has 0 saturated carbocycles. The van der Waals surface area contributed by atoms with Crippen LogP contribution in [0.3, 0.4) is 0 Å². The number of nitriles is 1. The second-order valence-corrected chi connectivity index (χ2v) is 5.11. The van der Waals surface area contributed by atoms with Crippen molar-refractivity contribution >= 4 is 0 Å². The quantitative estimate of drug-likeness (QED) is 0.776. The molecule has 16 heavy (non-hydrogen) atoms. The van der Waals surface area contributed by atoms with Gasteiger partial charge >= 0.3 is 0 Å². The summed E-state index contributed by atoms with van der Waals surface area (Å²) in [6, 6.07) is 3.09. The van der Waals surface area contributed by atoms with Crippen molar-refractivity contribution in [2.24, 2.45) is 0 Å². The Balaban J connectivity index is 2.39. The van der Waals surface area contributed by atoms with Crippen LogP contribution in [0.2, 0.25) is 0 Å². The third-order valence-corrected chi connectivity index (χ3v) is 3.65. The average molecular weight is 223 g/mol. The molecule has 0 aromatic heterocycles. The molecule has 1 aliphatic rings. The van der Waals surface area contributed by atoms with Crippen molar-refractivity contribution in [2.75, 3.05) is 19.6 Å². The number of nitrogens with one attached hydrogen (secondary N) is 1. The molecule has 3 heteroatoms. The summed E-state index contributed by atoms with van der Waals surface area (Å²) in [6.07, 6.45) is 4.90. The van der Waals surface area contributed by atoms with E-state index in [2.05, 4.69) is 30.1 Å². The SMILES string of the molecule is CCNC(C)(C#N)CCN1CCCCC1C. The Kier molecular flexibility index (Phi) is 5.24. The third kappa shape index (κ3) is 3.77. The van der Waals surface area contributed by atoms with Crippen molar-refractivity contribution in [3.63, 3.8) is 0 Å². The zero-order chi connectivity index (χ0) is 12.0. The van der Waals surface area contributed by atoms with Gasteiger partial charge in [-0.2, -0.15) is 5.26 Å². The molecule has 2 unspecified atom stereocenters. The zero-order valence-electron chi connectivity index (χ0n) is 10.9. The summed E-state index contributed by atoms with van der Waals surface area (Å²) in [5.41, 5.74) is -0.355. The van der Waals surface area contributed by atoms with E-state index in [1.54, 1.807) is 0 Å². The molecular weight excluding hydrogens is 198 g/mol. The summed E-state index contributed by atoms with van der Waals surface area (Å²) in [6.45, 7) is 9.47. The lowest BCUT2D eigenvalue weighted by Crippen LogP contribution is -2.46. The van der Waals surface area contributed by atoms with E-state index in [9.17, 15) is 5.26 Å². The van der Waals surface area contributed by atoms with Gasteiger partial charge in [-0.25, -0.2) is 0 Å². The standard InChI is InChI=1S/C13H25N3/c1-4-15-13(3,11-14)8-10-16-9-6-5-7-12(16)2/h12,15H,4-10H2,1-3H3. The van der Waals surface area contributed by atoms with Crippen molar-refractivity contribution < 1.29 is 0 Å². The fraction of sp³-hybridized carbons (Fsp3) is 0.923. The molecule has 0 aliphatic carbocycles. The molecule has 0 aromatic rings. The minimum absolute atomic E-state index is 0.355. The van der Waals surface area contributed by atoms with E-state index >= 15 is 0 Å². The van der Waals surface area contributed by atoms with Crippen molar-refractivity contribution in [2.45, 2.75) is 58.0 Å². The van der Waals surface area contributed by atoms with E-state index in [-0.39, 0.29) is 5.54 Å². The Hall–Kier alpha value is -0.590. The maximum absolute atomic E-state index is 9.18. The van der Waals surface area contributed by atoms with Crippen LogP contribution in [-0.4, -0.2) is 36.1 Å². The van der Waals surface area contributed by atoms with Gasteiger partial charge in [0.25, 0.3) is 0 Å². The van der Waals surface area contributed by atoms with Crippen LogP contribution in [0, 0.1) is 11.3 Å². The van der Waals surface area contributed by atoms with Crippen molar-refractivity contribution in [3.05, 3.63) is 0 Å². The predicted octanol–water partition coefficient (Wildman–Crippen LogP) is 2.14. The Morgan fingerprint density at radius 3 is 2.81 bits per heavy atom. The van der Waals surface area contributed by atoms with Crippen LogP contribution >= 0.6 is 0 Å². The minimum atomic E-state index is -0.355. The molecule has 1 rings (SSSR count). The molecule has 1 aliphatic heterocycles. The molecule has 92 valence electrons. The normalized spacial score (nSPS) is 26.0. The highest BCUT2D eigenvalue weighted by atomic mass is 15.2. The summed E-state index contributed by atoms with van der Waals surface area (Å²) in [5, 5.41) is 12.5. The first-order valence-corrected chi connectivity index (χ1v) is 6.51. The summed E-state index contributed by atoms with van der Waals surface area (Å²) in [5.74, 6) is 0. The second kappa shape index (κ2) is 6.22. The number of nitrogens with zero attached hydrogens (tertiary/aromatic N) is 2. The molecule has 0 aromatic carbocycles. The highest BCUT2D eigenvalue weighted by Crippen LogP contribution is 2.18. The van der Waals surface area contributed by atoms with Crippen LogP contribution in [0.5, 0.6) is 0 Å². The van der Waals surface area contributed by atoms with Gasteiger partial charge in [-0.05, 0) is 46.2 Å². The zero-order valence-corrected chi connectivity index (χ0v) is 10.9. The van der Waals surface area contributed by atoms with Crippen LogP contribution in [0.25, 0.3) is 0 Å². The molecule has 0 amide bonds. The van der Waals surface area contributed by atoms with E-state index in [0.29, 0.717) is 6.04 Å². The molecular formula is C13H25N3. The Morgan fingerprint density at radius 2 is 2.25 bits per heavy atom. The first kappa shape index (κ1) is 13.5. The summed E-state index contributed by atoms with van der Waals surface area (Å²) in [7, 11) is 0. The maximum atomic E-state index is 9.18. The average Bonchev–Trinajstić information content (AvgIpc) is 2.28. The van der Waals surface area contributed by atoms with Gasteiger partial charge in [0.15, 0.2) is 0 Å². The van der Waals surface area contributed by atoms with Gasteiger partial charge < -0.3 is 4.90 Å². The molecule has 3 nitrogen and oxygen atoms in total. The number of piperidine rings is 1. The van der Waals surface area contributed by atoms with Crippen LogP contribution < -0.4 is 5.32 Å². The van der Waals surface area contributed by atoms with Gasteiger partial charge in [0.1, 0.15) is 5.54 Å². The lowest BCUT2D eigenvalue weighted by Gasteiger charge is -2.35. The molecule has 0 radical (unpaired) electrons. The second-order valence-electron chi connectivity index (χ2n) is 5.11. The number of likely N-dealkylation sites (tertiary alicyclic amines) is 1. The molecule has 1 N–H and O–H groups in total. The van der Waals surface area contributed by atoms with E-state index in [0.717, 1.165) is 19.5 Å². The topological polar surface area (TPSA) is 39.1 Å². The molecule has 1 saturated heterocycles. The van der Waals surface area contributed by atoms with E-state index < -0.39 is 0 Å². The number of hydrogen-bond donors (Lipinski definition) is 1. The summed E-state index contributed by atoms with van der Waals surface area (Å²) in [4.78, 5) is 2.52. The molecule has 1 heterocycles. The maximum Gasteiger partial charge on any atom is 0.105 e. The van der Waals surface area contributed by atoms with Gasteiger partial charge in [-0.1, -0.05) is 13.3 Å². The summed E-state index contributed by atoms with van der Waals surface area (Å²) < 4.78 is 0. The first-order valence-electron chi connectivity index (χ1n) is 6.51. The fourth-order valence-corrected chi connectivity index (χ4v) is 2.43. The Labute approximate surface area is 99.8 Å². The number of hydrogen-bond acceptors (Lipinski definition) is 3. The van der Waals surface area contributed by atoms with Crippen molar-refractivity contribution in [1.82, 2.24) is 10.2 Å². The lowest BCUT2D eigenvalue weighted by atomic mass is 9.97. The smallest absolute Gasteiger partial charge is 0.105 e. The Morgan fingerprint density at radius 1 is 1.50 bits per heavy atom. The first-order chi connectivity index (χ1) is 7.61.